The third-order valence-corrected chi connectivity index (χ3v) is 3.66. The van der Waals surface area contributed by atoms with Crippen LogP contribution in [0.2, 0.25) is 0 Å². The van der Waals surface area contributed by atoms with Crippen LogP contribution in [0.1, 0.15) is 12.0 Å². The van der Waals surface area contributed by atoms with Crippen LogP contribution in [0.25, 0.3) is 0 Å². The van der Waals surface area contributed by atoms with E-state index in [-0.39, 0.29) is 0 Å². The molecule has 3 heterocycles. The molecule has 3 fully saturated rings. The van der Waals surface area contributed by atoms with Crippen molar-refractivity contribution in [3.8, 4) is 0 Å². The minimum atomic E-state index is 0.725. The standard InChI is InChI=1S/C13H19N3/c14-6-5-10-1-3-13(4-2-10)16-8-11-7-12(9-16)15-11/h1-4,11-12,15H,5-9,14H2. The molecule has 2 bridgehead atoms. The Balaban J connectivity index is 1.69. The van der Waals surface area contributed by atoms with Crippen LogP contribution in [-0.2, 0) is 6.42 Å². The number of rotatable bonds is 3. The smallest absolute Gasteiger partial charge is 0.0367 e. The number of anilines is 1. The first kappa shape index (κ1) is 10.1. The molecule has 4 rings (SSSR count). The highest BCUT2D eigenvalue weighted by molar-refractivity contribution is 5.49. The average Bonchev–Trinajstić information content (AvgIpc) is 2.30. The van der Waals surface area contributed by atoms with Gasteiger partial charge in [0.15, 0.2) is 0 Å². The molecule has 0 aliphatic carbocycles. The molecule has 0 spiro atoms. The van der Waals surface area contributed by atoms with E-state index in [0.29, 0.717) is 0 Å². The van der Waals surface area contributed by atoms with Crippen molar-refractivity contribution >= 4 is 5.69 Å². The van der Waals surface area contributed by atoms with Gasteiger partial charge in [0, 0.05) is 30.9 Å². The number of piperazine rings is 1. The van der Waals surface area contributed by atoms with Crippen LogP contribution < -0.4 is 16.0 Å². The van der Waals surface area contributed by atoms with Gasteiger partial charge in [0.1, 0.15) is 0 Å². The average molecular weight is 217 g/mol. The lowest BCUT2D eigenvalue weighted by atomic mass is 9.91. The molecular formula is C13H19N3. The number of benzene rings is 1. The van der Waals surface area contributed by atoms with Crippen molar-refractivity contribution in [2.45, 2.75) is 24.9 Å². The molecule has 2 atom stereocenters. The van der Waals surface area contributed by atoms with Gasteiger partial charge in [0.05, 0.1) is 0 Å². The summed E-state index contributed by atoms with van der Waals surface area (Å²) in [5, 5.41) is 3.55. The number of nitrogens with one attached hydrogen (secondary N) is 1. The number of fused-ring (bicyclic) bond motifs is 2. The minimum Gasteiger partial charge on any atom is -0.368 e. The van der Waals surface area contributed by atoms with Crippen LogP contribution in [0.15, 0.2) is 24.3 Å². The van der Waals surface area contributed by atoms with Gasteiger partial charge in [-0.2, -0.15) is 0 Å². The molecule has 0 saturated carbocycles. The second-order valence-corrected chi connectivity index (χ2v) is 4.91. The van der Waals surface area contributed by atoms with Crippen molar-refractivity contribution in [2.75, 3.05) is 24.5 Å². The fourth-order valence-electron chi connectivity index (χ4n) is 2.76. The van der Waals surface area contributed by atoms with E-state index in [9.17, 15) is 0 Å². The summed E-state index contributed by atoms with van der Waals surface area (Å²) in [4.78, 5) is 2.49. The predicted molar refractivity (Wildman–Crippen MR) is 66.7 cm³/mol. The van der Waals surface area contributed by atoms with Crippen LogP contribution in [0.3, 0.4) is 0 Å². The van der Waals surface area contributed by atoms with Gasteiger partial charge in [-0.05, 0) is 37.1 Å². The zero-order valence-corrected chi connectivity index (χ0v) is 9.52. The lowest BCUT2D eigenvalue weighted by Crippen LogP contribution is -2.67. The van der Waals surface area contributed by atoms with Gasteiger partial charge in [0.25, 0.3) is 0 Å². The predicted octanol–water partition coefficient (Wildman–Crippen LogP) is 0.738. The van der Waals surface area contributed by atoms with Crippen LogP contribution in [-0.4, -0.2) is 31.7 Å². The molecule has 0 amide bonds. The van der Waals surface area contributed by atoms with Crippen molar-refractivity contribution in [1.82, 2.24) is 5.32 Å². The summed E-state index contributed by atoms with van der Waals surface area (Å²) >= 11 is 0. The lowest BCUT2D eigenvalue weighted by molar-refractivity contribution is 0.226. The summed E-state index contributed by atoms with van der Waals surface area (Å²) in [7, 11) is 0. The van der Waals surface area contributed by atoms with Gasteiger partial charge in [-0.15, -0.1) is 0 Å². The quantitative estimate of drug-likeness (QED) is 0.784. The molecule has 3 nitrogen and oxygen atoms in total. The maximum absolute atomic E-state index is 5.55. The summed E-state index contributed by atoms with van der Waals surface area (Å²) in [5.74, 6) is 0. The molecule has 3 saturated heterocycles. The normalized spacial score (nSPS) is 27.7. The van der Waals surface area contributed by atoms with Gasteiger partial charge in [-0.3, -0.25) is 0 Å². The molecule has 86 valence electrons. The Morgan fingerprint density at radius 3 is 2.38 bits per heavy atom. The van der Waals surface area contributed by atoms with Crippen molar-refractivity contribution in [3.63, 3.8) is 0 Å². The highest BCUT2D eigenvalue weighted by atomic mass is 15.3. The Labute approximate surface area is 96.6 Å². The van der Waals surface area contributed by atoms with Crippen LogP contribution in [0.4, 0.5) is 5.69 Å². The number of hydrogen-bond acceptors (Lipinski definition) is 3. The SMILES string of the molecule is NCCc1ccc(N2CC3CC(C2)N3)cc1. The molecule has 1 aromatic carbocycles. The van der Waals surface area contributed by atoms with E-state index in [4.69, 9.17) is 5.73 Å². The van der Waals surface area contributed by atoms with Crippen LogP contribution in [0.5, 0.6) is 0 Å². The summed E-state index contributed by atoms with van der Waals surface area (Å²) in [6.45, 7) is 3.05. The zero-order valence-electron chi connectivity index (χ0n) is 9.52. The van der Waals surface area contributed by atoms with Gasteiger partial charge in [-0.1, -0.05) is 12.1 Å². The molecular weight excluding hydrogens is 198 g/mol. The summed E-state index contributed by atoms with van der Waals surface area (Å²) in [6, 6.07) is 10.3. The number of hydrogen-bond donors (Lipinski definition) is 2. The monoisotopic (exact) mass is 217 g/mol. The molecule has 3 heteroatoms. The van der Waals surface area contributed by atoms with Crippen molar-refractivity contribution in [1.29, 1.82) is 0 Å². The Hall–Kier alpha value is -1.06. The minimum absolute atomic E-state index is 0.725. The molecule has 3 N–H and O–H groups in total. The highest BCUT2D eigenvalue weighted by Gasteiger charge is 2.36. The topological polar surface area (TPSA) is 41.3 Å². The van der Waals surface area contributed by atoms with E-state index < -0.39 is 0 Å². The van der Waals surface area contributed by atoms with E-state index in [1.54, 1.807) is 0 Å². The first-order valence-corrected chi connectivity index (χ1v) is 6.15. The maximum Gasteiger partial charge on any atom is 0.0367 e. The van der Waals surface area contributed by atoms with E-state index in [2.05, 4.69) is 34.5 Å². The van der Waals surface area contributed by atoms with Gasteiger partial charge < -0.3 is 16.0 Å². The van der Waals surface area contributed by atoms with Crippen molar-refractivity contribution < 1.29 is 0 Å². The fourth-order valence-corrected chi connectivity index (χ4v) is 2.76. The van der Waals surface area contributed by atoms with Gasteiger partial charge in [-0.25, -0.2) is 0 Å². The lowest BCUT2D eigenvalue weighted by Gasteiger charge is -2.49. The molecule has 0 aromatic heterocycles. The van der Waals surface area contributed by atoms with Gasteiger partial charge in [0.2, 0.25) is 0 Å². The number of nitrogens with two attached hydrogens (primary N) is 1. The first-order valence-electron chi connectivity index (χ1n) is 6.15. The number of piperidine rings is 1. The van der Waals surface area contributed by atoms with Gasteiger partial charge >= 0.3 is 0 Å². The Bertz CT molecular complexity index is 344. The fraction of sp³-hybridized carbons (Fsp3) is 0.538. The molecule has 1 aromatic rings. The van der Waals surface area contributed by atoms with Crippen LogP contribution >= 0.6 is 0 Å². The Morgan fingerprint density at radius 1 is 1.19 bits per heavy atom. The van der Waals surface area contributed by atoms with E-state index in [0.717, 1.165) is 38.1 Å². The summed E-state index contributed by atoms with van der Waals surface area (Å²) < 4.78 is 0. The number of nitrogens with zero attached hydrogens (tertiary/aromatic N) is 1. The highest BCUT2D eigenvalue weighted by Crippen LogP contribution is 2.26. The second kappa shape index (κ2) is 4.07. The zero-order chi connectivity index (χ0) is 11.0. The van der Waals surface area contributed by atoms with Crippen molar-refractivity contribution in [2.24, 2.45) is 5.73 Å². The largest absolute Gasteiger partial charge is 0.368 e. The van der Waals surface area contributed by atoms with E-state index in [1.165, 1.54) is 17.7 Å². The Morgan fingerprint density at radius 2 is 1.81 bits per heavy atom. The molecule has 0 radical (unpaired) electrons. The Kier molecular flexibility index (Phi) is 2.58. The molecule has 16 heavy (non-hydrogen) atoms. The third-order valence-electron chi connectivity index (χ3n) is 3.66. The van der Waals surface area contributed by atoms with Crippen molar-refractivity contribution in [3.05, 3.63) is 29.8 Å². The first-order chi connectivity index (χ1) is 7.85. The maximum atomic E-state index is 5.55. The third kappa shape index (κ3) is 1.81. The summed E-state index contributed by atoms with van der Waals surface area (Å²) in [6.07, 6.45) is 2.34. The molecule has 3 aliphatic rings. The molecule has 3 aliphatic heterocycles. The van der Waals surface area contributed by atoms with E-state index in [1.807, 2.05) is 0 Å². The van der Waals surface area contributed by atoms with E-state index >= 15 is 0 Å². The van der Waals surface area contributed by atoms with Crippen LogP contribution in [0, 0.1) is 0 Å². The summed E-state index contributed by atoms with van der Waals surface area (Å²) in [5.41, 5.74) is 8.24. The molecule has 2 unspecified atom stereocenters. The second-order valence-electron chi connectivity index (χ2n) is 4.91.